The fraction of sp³-hybridized carbons (Fsp3) is 0.0833. The third-order valence-corrected chi connectivity index (χ3v) is 3.57. The molecule has 3 aromatic rings. The second kappa shape index (κ2) is 5.93. The van der Waals surface area contributed by atoms with Crippen molar-refractivity contribution in [2.75, 3.05) is 5.73 Å². The number of halogens is 3. The van der Waals surface area contributed by atoms with Gasteiger partial charge in [-0.15, -0.1) is 12.4 Å². The van der Waals surface area contributed by atoms with Gasteiger partial charge >= 0.3 is 0 Å². The third kappa shape index (κ3) is 2.97. The Bertz CT molecular complexity index is 858. The van der Waals surface area contributed by atoms with E-state index in [9.17, 15) is 4.79 Å². The number of hydrogen-bond donors (Lipinski definition) is 2. The summed E-state index contributed by atoms with van der Waals surface area (Å²) in [5, 5.41) is 0.962. The van der Waals surface area contributed by atoms with Crippen molar-refractivity contribution < 1.29 is 0 Å². The molecule has 9 heteroatoms. The maximum absolute atomic E-state index is 11.7. The van der Waals surface area contributed by atoms with Gasteiger partial charge < -0.3 is 10.3 Å². The van der Waals surface area contributed by atoms with Crippen molar-refractivity contribution in [3.8, 4) is 0 Å². The van der Waals surface area contributed by atoms with E-state index in [0.717, 1.165) is 5.56 Å². The summed E-state index contributed by atoms with van der Waals surface area (Å²) in [4.78, 5) is 22.2. The number of benzene rings is 1. The quantitative estimate of drug-likeness (QED) is 0.746. The first kappa shape index (κ1) is 15.6. The molecular formula is C12H10Cl3N5O. The lowest BCUT2D eigenvalue weighted by atomic mass is 10.2. The van der Waals surface area contributed by atoms with E-state index in [4.69, 9.17) is 28.9 Å². The van der Waals surface area contributed by atoms with E-state index in [1.165, 1.54) is 6.33 Å². The molecule has 0 radical (unpaired) electrons. The van der Waals surface area contributed by atoms with Gasteiger partial charge in [0.2, 0.25) is 5.95 Å². The Balaban J connectivity index is 0.00000161. The zero-order valence-electron chi connectivity index (χ0n) is 10.5. The SMILES string of the molecule is Cl.Nc1nc2c(ncn2Cc2ccc(Cl)c(Cl)c2)c(=O)[nH]1. The zero-order chi connectivity index (χ0) is 14.3. The molecule has 0 aliphatic carbocycles. The minimum Gasteiger partial charge on any atom is -0.369 e. The molecule has 21 heavy (non-hydrogen) atoms. The van der Waals surface area contributed by atoms with Gasteiger partial charge in [-0.1, -0.05) is 29.3 Å². The van der Waals surface area contributed by atoms with Crippen LogP contribution >= 0.6 is 35.6 Å². The van der Waals surface area contributed by atoms with Gasteiger partial charge in [-0.05, 0) is 17.7 Å². The second-order valence-corrected chi connectivity index (χ2v) is 5.06. The third-order valence-electron chi connectivity index (χ3n) is 2.83. The maximum atomic E-state index is 11.7. The summed E-state index contributed by atoms with van der Waals surface area (Å²) in [7, 11) is 0. The molecule has 0 amide bonds. The minimum absolute atomic E-state index is 0. The van der Waals surface area contributed by atoms with Gasteiger partial charge in [-0.25, -0.2) is 4.98 Å². The van der Waals surface area contributed by atoms with E-state index in [2.05, 4.69) is 15.0 Å². The van der Waals surface area contributed by atoms with Gasteiger partial charge in [0, 0.05) is 0 Å². The average molecular weight is 347 g/mol. The molecule has 2 heterocycles. The standard InChI is InChI=1S/C12H9Cl2N5O.ClH/c13-7-2-1-6(3-8(7)14)4-19-5-16-9-10(19)17-12(15)18-11(9)20;/h1-3,5H,4H2,(H3,15,17,18,20);1H. The van der Waals surface area contributed by atoms with Crippen LogP contribution in [-0.2, 0) is 6.54 Å². The Kier molecular flexibility index (Phi) is 4.41. The predicted octanol–water partition coefficient (Wildman–Crippen LogP) is 2.48. The van der Waals surface area contributed by atoms with E-state index in [-0.39, 0.29) is 29.4 Å². The lowest BCUT2D eigenvalue weighted by molar-refractivity contribution is 0.814. The van der Waals surface area contributed by atoms with E-state index >= 15 is 0 Å². The summed E-state index contributed by atoms with van der Waals surface area (Å²) < 4.78 is 1.72. The normalized spacial score (nSPS) is 10.6. The molecule has 110 valence electrons. The molecule has 0 fully saturated rings. The first-order valence-corrected chi connectivity index (χ1v) is 6.45. The number of nitrogens with two attached hydrogens (primary N) is 1. The monoisotopic (exact) mass is 345 g/mol. The molecule has 0 saturated heterocycles. The van der Waals surface area contributed by atoms with Crippen molar-refractivity contribution in [1.29, 1.82) is 0 Å². The number of rotatable bonds is 2. The summed E-state index contributed by atoms with van der Waals surface area (Å²) in [6.07, 6.45) is 1.54. The highest BCUT2D eigenvalue weighted by Crippen LogP contribution is 2.23. The average Bonchev–Trinajstić information content (AvgIpc) is 2.77. The molecule has 0 atom stereocenters. The highest BCUT2D eigenvalue weighted by molar-refractivity contribution is 6.42. The van der Waals surface area contributed by atoms with Crippen LogP contribution in [0.25, 0.3) is 11.2 Å². The van der Waals surface area contributed by atoms with Gasteiger partial charge in [0.1, 0.15) is 0 Å². The molecule has 6 nitrogen and oxygen atoms in total. The molecule has 0 spiro atoms. The van der Waals surface area contributed by atoms with E-state index in [1.54, 1.807) is 16.7 Å². The molecule has 3 N–H and O–H groups in total. The highest BCUT2D eigenvalue weighted by atomic mass is 35.5. The van der Waals surface area contributed by atoms with Crippen LogP contribution in [0.5, 0.6) is 0 Å². The van der Waals surface area contributed by atoms with Crippen molar-refractivity contribution in [3.05, 3.63) is 50.5 Å². The molecule has 0 saturated carbocycles. The fourth-order valence-corrected chi connectivity index (χ4v) is 2.24. The van der Waals surface area contributed by atoms with Crippen molar-refractivity contribution in [2.24, 2.45) is 0 Å². The maximum Gasteiger partial charge on any atom is 0.280 e. The van der Waals surface area contributed by atoms with Gasteiger partial charge in [-0.3, -0.25) is 9.78 Å². The Morgan fingerprint density at radius 1 is 1.29 bits per heavy atom. The van der Waals surface area contributed by atoms with Crippen LogP contribution in [0.2, 0.25) is 10.0 Å². The first-order valence-electron chi connectivity index (χ1n) is 5.69. The number of aromatic nitrogens is 4. The summed E-state index contributed by atoms with van der Waals surface area (Å²) in [6.45, 7) is 0.462. The van der Waals surface area contributed by atoms with Crippen molar-refractivity contribution in [1.82, 2.24) is 19.5 Å². The molecule has 2 aromatic heterocycles. The van der Waals surface area contributed by atoms with Crippen LogP contribution in [0.1, 0.15) is 5.56 Å². The number of nitrogen functional groups attached to an aromatic ring is 1. The molecule has 0 unspecified atom stereocenters. The van der Waals surface area contributed by atoms with Crippen LogP contribution in [0, 0.1) is 0 Å². The zero-order valence-corrected chi connectivity index (χ0v) is 12.8. The molecule has 0 aliphatic rings. The number of H-pyrrole nitrogens is 1. The topological polar surface area (TPSA) is 89.6 Å². The first-order chi connectivity index (χ1) is 9.54. The van der Waals surface area contributed by atoms with Crippen molar-refractivity contribution >= 4 is 52.7 Å². The second-order valence-electron chi connectivity index (χ2n) is 4.24. The number of fused-ring (bicyclic) bond motifs is 1. The summed E-state index contributed by atoms with van der Waals surface area (Å²) in [6, 6.07) is 5.32. The number of nitrogens with zero attached hydrogens (tertiary/aromatic N) is 3. The minimum atomic E-state index is -0.361. The molecule has 0 bridgehead atoms. The van der Waals surface area contributed by atoms with Gasteiger partial charge in [0.05, 0.1) is 22.9 Å². The van der Waals surface area contributed by atoms with Crippen LogP contribution < -0.4 is 11.3 Å². The molecule has 3 rings (SSSR count). The lowest BCUT2D eigenvalue weighted by Crippen LogP contribution is -2.12. The lowest BCUT2D eigenvalue weighted by Gasteiger charge is -2.05. The van der Waals surface area contributed by atoms with Crippen molar-refractivity contribution in [3.63, 3.8) is 0 Å². The van der Waals surface area contributed by atoms with Gasteiger partial charge in [0.25, 0.3) is 5.56 Å². The molecule has 0 aliphatic heterocycles. The smallest absolute Gasteiger partial charge is 0.280 e. The Morgan fingerprint density at radius 3 is 2.76 bits per heavy atom. The predicted molar refractivity (Wildman–Crippen MR) is 85.4 cm³/mol. The number of hydrogen-bond acceptors (Lipinski definition) is 4. The Hall–Kier alpha value is -1.76. The number of nitrogens with one attached hydrogen (secondary N) is 1. The van der Waals surface area contributed by atoms with Crippen LogP contribution in [-0.4, -0.2) is 19.5 Å². The Morgan fingerprint density at radius 2 is 2.05 bits per heavy atom. The van der Waals surface area contributed by atoms with Gasteiger partial charge in [-0.2, -0.15) is 4.98 Å². The largest absolute Gasteiger partial charge is 0.369 e. The van der Waals surface area contributed by atoms with Crippen molar-refractivity contribution in [2.45, 2.75) is 6.54 Å². The fourth-order valence-electron chi connectivity index (χ4n) is 1.92. The number of aromatic amines is 1. The summed E-state index contributed by atoms with van der Waals surface area (Å²) in [5.74, 6) is 0.0541. The van der Waals surface area contributed by atoms with Crippen LogP contribution in [0.15, 0.2) is 29.3 Å². The molecular weight excluding hydrogens is 337 g/mol. The van der Waals surface area contributed by atoms with E-state index in [0.29, 0.717) is 22.2 Å². The molecule has 1 aromatic carbocycles. The number of imidazole rings is 1. The van der Waals surface area contributed by atoms with Crippen LogP contribution in [0.3, 0.4) is 0 Å². The van der Waals surface area contributed by atoms with Gasteiger partial charge in [0.15, 0.2) is 11.2 Å². The summed E-state index contributed by atoms with van der Waals surface area (Å²) >= 11 is 11.8. The summed E-state index contributed by atoms with van der Waals surface area (Å²) in [5.41, 5.74) is 6.78. The number of anilines is 1. The Labute approximate surface area is 135 Å². The van der Waals surface area contributed by atoms with Crippen LogP contribution in [0.4, 0.5) is 5.95 Å². The van der Waals surface area contributed by atoms with E-state index in [1.807, 2.05) is 6.07 Å². The highest BCUT2D eigenvalue weighted by Gasteiger charge is 2.10. The van der Waals surface area contributed by atoms with E-state index < -0.39 is 0 Å².